The number of nitrogens with zero attached hydrogens (tertiary/aromatic N) is 1. The van der Waals surface area contributed by atoms with Gasteiger partial charge in [-0.3, -0.25) is 4.79 Å². The summed E-state index contributed by atoms with van der Waals surface area (Å²) in [4.78, 5) is 15.5. The second-order valence-corrected chi connectivity index (χ2v) is 4.07. The number of fused-ring (bicyclic) bond motifs is 1. The summed E-state index contributed by atoms with van der Waals surface area (Å²) in [7, 11) is 0. The molecule has 0 radical (unpaired) electrons. The number of phenolic OH excluding ortho intramolecular Hbond substituents is 1. The molecule has 16 heavy (non-hydrogen) atoms. The van der Waals surface area contributed by atoms with Gasteiger partial charge in [-0.2, -0.15) is 0 Å². The first-order valence-electron chi connectivity index (χ1n) is 4.80. The lowest BCUT2D eigenvalue weighted by Gasteiger charge is -2.07. The van der Waals surface area contributed by atoms with Gasteiger partial charge in [-0.05, 0) is 32.0 Å². The molecule has 2 aromatic rings. The summed E-state index contributed by atoms with van der Waals surface area (Å²) in [6.07, 6.45) is 0. The number of benzene rings is 1. The van der Waals surface area contributed by atoms with Crippen molar-refractivity contribution in [2.75, 3.05) is 0 Å². The lowest BCUT2D eigenvalue weighted by molar-refractivity contribution is 0.101. The van der Waals surface area contributed by atoms with E-state index < -0.39 is 0 Å². The van der Waals surface area contributed by atoms with Crippen LogP contribution in [0.5, 0.6) is 5.75 Å². The first-order chi connectivity index (χ1) is 7.50. The minimum atomic E-state index is -0.232. The number of halogens is 1. The SMILES string of the molecule is CC(=O)c1cc(Cl)c2ccc(C)nc2c1O. The quantitative estimate of drug-likeness (QED) is 0.773. The van der Waals surface area contributed by atoms with Crippen molar-refractivity contribution in [2.45, 2.75) is 13.8 Å². The molecule has 4 heteroatoms. The molecule has 0 bridgehead atoms. The lowest BCUT2D eigenvalue weighted by atomic mass is 10.1. The summed E-state index contributed by atoms with van der Waals surface area (Å²) in [5.41, 5.74) is 1.34. The van der Waals surface area contributed by atoms with Crippen molar-refractivity contribution >= 4 is 28.3 Å². The fourth-order valence-corrected chi connectivity index (χ4v) is 1.86. The van der Waals surface area contributed by atoms with Crippen molar-refractivity contribution in [1.82, 2.24) is 4.98 Å². The van der Waals surface area contributed by atoms with Crippen molar-refractivity contribution in [3.63, 3.8) is 0 Å². The van der Waals surface area contributed by atoms with Gasteiger partial charge in [0.2, 0.25) is 0 Å². The molecule has 3 nitrogen and oxygen atoms in total. The summed E-state index contributed by atoms with van der Waals surface area (Å²) in [6, 6.07) is 5.06. The number of rotatable bonds is 1. The molecule has 0 amide bonds. The number of Topliss-reactive ketones (excluding diaryl/α,β-unsaturated/α-hetero) is 1. The maximum atomic E-state index is 11.3. The molecule has 0 aliphatic heterocycles. The molecular weight excluding hydrogens is 226 g/mol. The number of hydrogen-bond donors (Lipinski definition) is 1. The zero-order valence-electron chi connectivity index (χ0n) is 8.91. The lowest BCUT2D eigenvalue weighted by Crippen LogP contribution is -1.95. The van der Waals surface area contributed by atoms with E-state index in [2.05, 4.69) is 4.98 Å². The molecule has 0 aliphatic carbocycles. The van der Waals surface area contributed by atoms with E-state index in [-0.39, 0.29) is 17.1 Å². The molecule has 1 aromatic heterocycles. The molecule has 0 spiro atoms. The predicted molar refractivity (Wildman–Crippen MR) is 63.2 cm³/mol. The molecule has 82 valence electrons. The smallest absolute Gasteiger partial charge is 0.163 e. The van der Waals surface area contributed by atoms with Crippen LogP contribution in [0.25, 0.3) is 10.9 Å². The Morgan fingerprint density at radius 2 is 2.12 bits per heavy atom. The van der Waals surface area contributed by atoms with Crippen LogP contribution in [0.3, 0.4) is 0 Å². The van der Waals surface area contributed by atoms with Crippen molar-refractivity contribution in [1.29, 1.82) is 0 Å². The maximum Gasteiger partial charge on any atom is 0.163 e. The van der Waals surface area contributed by atoms with Gasteiger partial charge in [0.25, 0.3) is 0 Å². The number of aromatic nitrogens is 1. The third kappa shape index (κ3) is 1.63. The minimum absolute atomic E-state index is 0.101. The molecule has 1 N–H and O–H groups in total. The number of aryl methyl sites for hydroxylation is 1. The Balaban J connectivity index is 2.91. The Morgan fingerprint density at radius 3 is 2.75 bits per heavy atom. The number of pyridine rings is 1. The maximum absolute atomic E-state index is 11.3. The third-order valence-corrected chi connectivity index (χ3v) is 2.73. The van der Waals surface area contributed by atoms with Crippen LogP contribution < -0.4 is 0 Å². The zero-order chi connectivity index (χ0) is 11.9. The Labute approximate surface area is 97.7 Å². The summed E-state index contributed by atoms with van der Waals surface area (Å²) >= 11 is 6.03. The second kappa shape index (κ2) is 3.76. The zero-order valence-corrected chi connectivity index (χ0v) is 9.67. The molecule has 0 saturated heterocycles. The van der Waals surface area contributed by atoms with Gasteiger partial charge in [-0.15, -0.1) is 0 Å². The molecule has 0 aliphatic rings. The number of ketones is 1. The molecule has 0 unspecified atom stereocenters. The van der Waals surface area contributed by atoms with Gasteiger partial charge in [0, 0.05) is 11.1 Å². The molecule has 0 atom stereocenters. The van der Waals surface area contributed by atoms with Crippen molar-refractivity contribution < 1.29 is 9.90 Å². The fraction of sp³-hybridized carbons (Fsp3) is 0.167. The third-order valence-electron chi connectivity index (χ3n) is 2.42. The van der Waals surface area contributed by atoms with Crippen LogP contribution in [0, 0.1) is 6.92 Å². The van der Waals surface area contributed by atoms with Crippen LogP contribution in [0.4, 0.5) is 0 Å². The van der Waals surface area contributed by atoms with Crippen LogP contribution in [0.15, 0.2) is 18.2 Å². The van der Waals surface area contributed by atoms with Gasteiger partial charge in [0.15, 0.2) is 11.5 Å². The van der Waals surface area contributed by atoms with E-state index in [1.807, 2.05) is 6.92 Å². The standard InChI is InChI=1S/C12H10ClNO2/c1-6-3-4-8-10(13)5-9(7(2)15)12(16)11(8)14-6/h3-5,16H,1-2H3. The highest BCUT2D eigenvalue weighted by Crippen LogP contribution is 2.33. The largest absolute Gasteiger partial charge is 0.505 e. The van der Waals surface area contributed by atoms with Gasteiger partial charge in [-0.25, -0.2) is 4.98 Å². The predicted octanol–water partition coefficient (Wildman–Crippen LogP) is 3.10. The van der Waals surface area contributed by atoms with Gasteiger partial charge < -0.3 is 5.11 Å². The fourth-order valence-electron chi connectivity index (χ4n) is 1.60. The average molecular weight is 236 g/mol. The summed E-state index contributed by atoms with van der Waals surface area (Å²) in [5, 5.41) is 11.0. The van der Waals surface area contributed by atoms with Crippen LogP contribution >= 0.6 is 11.6 Å². The first-order valence-corrected chi connectivity index (χ1v) is 5.18. The van der Waals surface area contributed by atoms with E-state index in [9.17, 15) is 9.90 Å². The molecule has 2 rings (SSSR count). The minimum Gasteiger partial charge on any atom is -0.505 e. The van der Waals surface area contributed by atoms with Crippen LogP contribution in [-0.2, 0) is 0 Å². The van der Waals surface area contributed by atoms with E-state index in [0.29, 0.717) is 15.9 Å². The first kappa shape index (κ1) is 10.9. The van der Waals surface area contributed by atoms with E-state index in [1.54, 1.807) is 12.1 Å². The second-order valence-electron chi connectivity index (χ2n) is 3.66. The number of phenols is 1. The highest BCUT2D eigenvalue weighted by atomic mass is 35.5. The highest BCUT2D eigenvalue weighted by Gasteiger charge is 2.14. The number of carbonyl (C=O) groups is 1. The topological polar surface area (TPSA) is 50.2 Å². The summed E-state index contributed by atoms with van der Waals surface area (Å²) < 4.78 is 0. The number of carbonyl (C=O) groups excluding carboxylic acids is 1. The Hall–Kier alpha value is -1.61. The number of aromatic hydroxyl groups is 1. The summed E-state index contributed by atoms with van der Waals surface area (Å²) in [6.45, 7) is 3.19. The highest BCUT2D eigenvalue weighted by molar-refractivity contribution is 6.36. The van der Waals surface area contributed by atoms with E-state index in [1.165, 1.54) is 13.0 Å². The van der Waals surface area contributed by atoms with Crippen molar-refractivity contribution in [2.24, 2.45) is 0 Å². The van der Waals surface area contributed by atoms with E-state index >= 15 is 0 Å². The summed E-state index contributed by atoms with van der Waals surface area (Å²) in [5.74, 6) is -0.333. The molecule has 1 aromatic carbocycles. The van der Waals surface area contributed by atoms with E-state index in [4.69, 9.17) is 11.6 Å². The number of hydrogen-bond acceptors (Lipinski definition) is 3. The Kier molecular flexibility index (Phi) is 2.56. The van der Waals surface area contributed by atoms with Gasteiger partial charge in [0.05, 0.1) is 10.6 Å². The monoisotopic (exact) mass is 235 g/mol. The normalized spacial score (nSPS) is 10.7. The van der Waals surface area contributed by atoms with Gasteiger partial charge in [0.1, 0.15) is 5.52 Å². The Bertz CT molecular complexity index is 593. The van der Waals surface area contributed by atoms with Crippen molar-refractivity contribution in [3.8, 4) is 5.75 Å². The molecular formula is C12H10ClNO2. The Morgan fingerprint density at radius 1 is 1.44 bits per heavy atom. The molecule has 0 fully saturated rings. The van der Waals surface area contributed by atoms with Gasteiger partial charge >= 0.3 is 0 Å². The van der Waals surface area contributed by atoms with Crippen LogP contribution in [0.1, 0.15) is 23.0 Å². The molecule has 0 saturated carbocycles. The van der Waals surface area contributed by atoms with Gasteiger partial charge in [-0.1, -0.05) is 11.6 Å². The van der Waals surface area contributed by atoms with Crippen molar-refractivity contribution in [3.05, 3.63) is 34.5 Å². The van der Waals surface area contributed by atoms with Crippen LogP contribution in [0.2, 0.25) is 5.02 Å². The average Bonchev–Trinajstić information content (AvgIpc) is 2.22. The van der Waals surface area contributed by atoms with Crippen LogP contribution in [-0.4, -0.2) is 15.9 Å². The van der Waals surface area contributed by atoms with E-state index in [0.717, 1.165) is 5.69 Å². The molecule has 1 heterocycles.